The molecule has 4 atom stereocenters. The molecule has 0 aromatic heterocycles. The van der Waals surface area contributed by atoms with Crippen molar-refractivity contribution in [1.29, 1.82) is 0 Å². The first-order chi connectivity index (χ1) is 13.6. The van der Waals surface area contributed by atoms with Gasteiger partial charge in [0.25, 0.3) is 0 Å². The first-order valence-corrected chi connectivity index (χ1v) is 10.6. The van der Waals surface area contributed by atoms with Crippen molar-refractivity contribution in [2.24, 2.45) is 17.8 Å². The summed E-state index contributed by atoms with van der Waals surface area (Å²) in [6.07, 6.45) is 10.2. The van der Waals surface area contributed by atoms with E-state index in [1.807, 2.05) is 13.0 Å². The Morgan fingerprint density at radius 2 is 1.68 bits per heavy atom. The maximum atomic E-state index is 13.9. The molecule has 2 aromatic carbocycles. The zero-order chi connectivity index (χ0) is 19.5. The van der Waals surface area contributed by atoms with Crippen LogP contribution in [-0.2, 0) is 0 Å². The molecule has 28 heavy (non-hydrogen) atoms. The molecule has 2 aromatic rings. The van der Waals surface area contributed by atoms with E-state index < -0.39 is 0 Å². The predicted molar refractivity (Wildman–Crippen MR) is 115 cm³/mol. The molecule has 2 aliphatic rings. The van der Waals surface area contributed by atoms with Crippen LogP contribution in [0.2, 0.25) is 0 Å². The smallest absolute Gasteiger partial charge is 0.139 e. The van der Waals surface area contributed by atoms with Crippen molar-refractivity contribution in [3.05, 3.63) is 83.2 Å². The van der Waals surface area contributed by atoms with Crippen molar-refractivity contribution >= 4 is 0 Å². The molecule has 144 valence electrons. The molecule has 0 saturated heterocycles. The van der Waals surface area contributed by atoms with E-state index in [1.54, 1.807) is 6.07 Å². The Balaban J connectivity index is 1.42. The quantitative estimate of drug-likeness (QED) is 0.392. The molecular formula is C27H29F. The van der Waals surface area contributed by atoms with Gasteiger partial charge in [-0.05, 0) is 105 Å². The first-order valence-electron chi connectivity index (χ1n) is 10.6. The second-order valence-electron chi connectivity index (χ2n) is 8.69. The van der Waals surface area contributed by atoms with Crippen LogP contribution in [0.4, 0.5) is 4.39 Å². The van der Waals surface area contributed by atoms with Gasteiger partial charge < -0.3 is 0 Å². The van der Waals surface area contributed by atoms with E-state index in [2.05, 4.69) is 48.8 Å². The fourth-order valence-electron chi connectivity index (χ4n) is 5.14. The highest BCUT2D eigenvalue weighted by atomic mass is 19.1. The van der Waals surface area contributed by atoms with Gasteiger partial charge >= 0.3 is 0 Å². The van der Waals surface area contributed by atoms with Gasteiger partial charge in [-0.25, -0.2) is 4.39 Å². The Bertz CT molecular complexity index is 896. The first kappa shape index (κ1) is 19.0. The lowest BCUT2D eigenvalue weighted by Crippen LogP contribution is -2.29. The maximum absolute atomic E-state index is 13.9. The van der Waals surface area contributed by atoms with E-state index >= 15 is 0 Å². The van der Waals surface area contributed by atoms with E-state index in [-0.39, 0.29) is 5.82 Å². The van der Waals surface area contributed by atoms with Crippen molar-refractivity contribution in [2.45, 2.75) is 51.4 Å². The average Bonchev–Trinajstić information content (AvgIpc) is 2.73. The summed E-state index contributed by atoms with van der Waals surface area (Å²) in [6.45, 7) is 5.89. The summed E-state index contributed by atoms with van der Waals surface area (Å²) in [5.41, 5.74) is 3.77. The van der Waals surface area contributed by atoms with Gasteiger partial charge in [0.15, 0.2) is 0 Å². The molecule has 0 amide bonds. The fourth-order valence-corrected chi connectivity index (χ4v) is 5.14. The molecule has 0 heterocycles. The van der Waals surface area contributed by atoms with Crippen molar-refractivity contribution in [1.82, 2.24) is 0 Å². The Labute approximate surface area is 168 Å². The Morgan fingerprint density at radius 3 is 2.43 bits per heavy atom. The summed E-state index contributed by atoms with van der Waals surface area (Å²) in [7, 11) is 0. The minimum Gasteiger partial charge on any atom is -0.206 e. The molecule has 0 aliphatic heterocycles. The molecular weight excluding hydrogens is 343 g/mol. The van der Waals surface area contributed by atoms with Gasteiger partial charge in [0, 0.05) is 5.56 Å². The number of aryl methyl sites for hydroxylation is 1. The minimum absolute atomic E-state index is 0.243. The van der Waals surface area contributed by atoms with Crippen molar-refractivity contribution in [2.75, 3.05) is 0 Å². The third-order valence-corrected chi connectivity index (χ3v) is 6.84. The van der Waals surface area contributed by atoms with Gasteiger partial charge in [0.1, 0.15) is 5.82 Å². The largest absolute Gasteiger partial charge is 0.206 e. The van der Waals surface area contributed by atoms with Crippen molar-refractivity contribution < 1.29 is 4.39 Å². The van der Waals surface area contributed by atoms with Crippen LogP contribution in [-0.4, -0.2) is 0 Å². The van der Waals surface area contributed by atoms with Gasteiger partial charge in [0.2, 0.25) is 0 Å². The van der Waals surface area contributed by atoms with E-state index in [4.69, 9.17) is 0 Å². The van der Waals surface area contributed by atoms with Crippen LogP contribution in [0.3, 0.4) is 0 Å². The minimum atomic E-state index is -0.243. The lowest BCUT2D eigenvalue weighted by molar-refractivity contribution is 0.133. The molecule has 2 aliphatic carbocycles. The van der Waals surface area contributed by atoms with Crippen LogP contribution < -0.4 is 0 Å². The third-order valence-electron chi connectivity index (χ3n) is 6.84. The number of rotatable bonds is 2. The summed E-state index contributed by atoms with van der Waals surface area (Å²) >= 11 is 0. The number of benzene rings is 2. The standard InChI is InChI=1S/C27H29F/c1-3-20-5-13-26-18-25(15-14-24(26)17-20)22-10-6-21(7-11-22)8-12-23-9-4-19(2)16-27(23)28/h3-4,6-7,9-11,16,20,24-26H,1,5,13-15,17-18H2,2H3. The Morgan fingerprint density at radius 1 is 0.929 bits per heavy atom. The van der Waals surface area contributed by atoms with E-state index in [9.17, 15) is 4.39 Å². The highest BCUT2D eigenvalue weighted by molar-refractivity contribution is 5.45. The lowest BCUT2D eigenvalue weighted by atomic mass is 9.64. The molecule has 0 N–H and O–H groups in total. The maximum Gasteiger partial charge on any atom is 0.139 e. The van der Waals surface area contributed by atoms with Gasteiger partial charge in [-0.3, -0.25) is 0 Å². The number of halogens is 1. The molecule has 2 saturated carbocycles. The van der Waals surface area contributed by atoms with Crippen LogP contribution in [0.15, 0.2) is 55.1 Å². The Kier molecular flexibility index (Phi) is 5.67. The fraction of sp³-hybridized carbons (Fsp3) is 0.407. The SMILES string of the molecule is C=CC1CCC2CC(c3ccc(C#Cc4ccc(C)cc4F)cc3)CCC2C1. The normalized spacial score (nSPS) is 26.6. The predicted octanol–water partition coefficient (Wildman–Crippen LogP) is 7.02. The van der Waals surface area contributed by atoms with E-state index in [0.29, 0.717) is 11.5 Å². The summed E-state index contributed by atoms with van der Waals surface area (Å²) < 4.78 is 13.9. The Hall–Kier alpha value is -2.33. The zero-order valence-corrected chi connectivity index (χ0v) is 16.8. The van der Waals surface area contributed by atoms with E-state index in [0.717, 1.165) is 28.9 Å². The van der Waals surface area contributed by atoms with Gasteiger partial charge in [-0.2, -0.15) is 0 Å². The van der Waals surface area contributed by atoms with Crippen LogP contribution in [0.5, 0.6) is 0 Å². The molecule has 2 fully saturated rings. The second kappa shape index (κ2) is 8.36. The third kappa shape index (κ3) is 4.22. The van der Waals surface area contributed by atoms with Gasteiger partial charge in [0.05, 0.1) is 5.56 Å². The van der Waals surface area contributed by atoms with E-state index in [1.165, 1.54) is 50.2 Å². The molecule has 4 unspecified atom stereocenters. The number of hydrogen-bond acceptors (Lipinski definition) is 0. The van der Waals surface area contributed by atoms with Crippen molar-refractivity contribution in [3.8, 4) is 11.8 Å². The molecule has 0 bridgehead atoms. The highest BCUT2D eigenvalue weighted by Crippen LogP contribution is 2.47. The molecule has 4 rings (SSSR count). The van der Waals surface area contributed by atoms with Crippen LogP contribution in [0.1, 0.15) is 66.7 Å². The summed E-state index contributed by atoms with van der Waals surface area (Å²) in [5.74, 6) is 9.05. The number of hydrogen-bond donors (Lipinski definition) is 0. The summed E-state index contributed by atoms with van der Waals surface area (Å²) in [5, 5.41) is 0. The number of fused-ring (bicyclic) bond motifs is 1. The van der Waals surface area contributed by atoms with Gasteiger partial charge in [-0.1, -0.05) is 36.1 Å². The molecule has 0 spiro atoms. The zero-order valence-electron chi connectivity index (χ0n) is 16.8. The molecule has 0 nitrogen and oxygen atoms in total. The monoisotopic (exact) mass is 372 g/mol. The topological polar surface area (TPSA) is 0 Å². The summed E-state index contributed by atoms with van der Waals surface area (Å²) in [6, 6.07) is 13.8. The lowest BCUT2D eigenvalue weighted by Gasteiger charge is -2.41. The van der Waals surface area contributed by atoms with Crippen LogP contribution in [0.25, 0.3) is 0 Å². The average molecular weight is 373 g/mol. The van der Waals surface area contributed by atoms with Gasteiger partial charge in [-0.15, -0.1) is 6.58 Å². The summed E-state index contributed by atoms with van der Waals surface area (Å²) in [4.78, 5) is 0. The van der Waals surface area contributed by atoms with Crippen LogP contribution >= 0.6 is 0 Å². The molecule has 0 radical (unpaired) electrons. The second-order valence-corrected chi connectivity index (χ2v) is 8.69. The van der Waals surface area contributed by atoms with Crippen LogP contribution in [0, 0.1) is 42.3 Å². The molecule has 1 heteroatoms. The number of allylic oxidation sites excluding steroid dienone is 1. The highest BCUT2D eigenvalue weighted by Gasteiger charge is 2.35. The van der Waals surface area contributed by atoms with Crippen molar-refractivity contribution in [3.63, 3.8) is 0 Å².